The first kappa shape index (κ1) is 14.7. The van der Waals surface area contributed by atoms with Crippen molar-refractivity contribution >= 4 is 21.9 Å². The van der Waals surface area contributed by atoms with Gasteiger partial charge in [-0.05, 0) is 32.0 Å². The van der Waals surface area contributed by atoms with Crippen LogP contribution >= 0.6 is 15.9 Å². The van der Waals surface area contributed by atoms with E-state index >= 15 is 0 Å². The summed E-state index contributed by atoms with van der Waals surface area (Å²) in [5, 5.41) is 0. The molecule has 2 aromatic rings. The molecule has 0 N–H and O–H groups in total. The summed E-state index contributed by atoms with van der Waals surface area (Å²) in [5.74, 6) is 0.0886. The maximum absolute atomic E-state index is 11.8. The SMILES string of the molecule is COC(=O)C(C)(C)c1nccc(-c2cccc(Br)c2)n1. The van der Waals surface area contributed by atoms with Crippen LogP contribution in [0.25, 0.3) is 11.3 Å². The van der Waals surface area contributed by atoms with E-state index in [0.717, 1.165) is 15.7 Å². The monoisotopic (exact) mass is 334 g/mol. The minimum absolute atomic E-state index is 0.358. The first-order chi connectivity index (χ1) is 9.45. The zero-order chi connectivity index (χ0) is 14.8. The van der Waals surface area contributed by atoms with Crippen LogP contribution in [0.4, 0.5) is 0 Å². The number of hydrogen-bond acceptors (Lipinski definition) is 4. The van der Waals surface area contributed by atoms with Crippen molar-refractivity contribution in [2.24, 2.45) is 0 Å². The highest BCUT2D eigenvalue weighted by atomic mass is 79.9. The number of esters is 1. The minimum atomic E-state index is -0.878. The van der Waals surface area contributed by atoms with Gasteiger partial charge in [0, 0.05) is 16.2 Å². The molecule has 0 bridgehead atoms. The van der Waals surface area contributed by atoms with Crippen molar-refractivity contribution in [2.45, 2.75) is 19.3 Å². The van der Waals surface area contributed by atoms with Gasteiger partial charge in [0.1, 0.15) is 11.2 Å². The number of ether oxygens (including phenoxy) is 1. The number of aromatic nitrogens is 2. The van der Waals surface area contributed by atoms with Gasteiger partial charge in [-0.15, -0.1) is 0 Å². The van der Waals surface area contributed by atoms with Gasteiger partial charge in [-0.2, -0.15) is 0 Å². The fourth-order valence-electron chi connectivity index (χ4n) is 1.81. The van der Waals surface area contributed by atoms with Gasteiger partial charge >= 0.3 is 5.97 Å². The highest BCUT2D eigenvalue weighted by Crippen LogP contribution is 2.25. The maximum atomic E-state index is 11.8. The van der Waals surface area contributed by atoms with Crippen molar-refractivity contribution < 1.29 is 9.53 Å². The van der Waals surface area contributed by atoms with Crippen LogP contribution in [0.1, 0.15) is 19.7 Å². The topological polar surface area (TPSA) is 52.1 Å². The Hall–Kier alpha value is -1.75. The molecule has 0 radical (unpaired) electrons. The van der Waals surface area contributed by atoms with E-state index in [0.29, 0.717) is 5.82 Å². The van der Waals surface area contributed by atoms with Crippen molar-refractivity contribution in [3.8, 4) is 11.3 Å². The molecule has 1 aromatic carbocycles. The number of nitrogens with zero attached hydrogens (tertiary/aromatic N) is 2. The summed E-state index contributed by atoms with van der Waals surface area (Å²) >= 11 is 3.43. The summed E-state index contributed by atoms with van der Waals surface area (Å²) in [6.07, 6.45) is 1.66. The molecule has 0 spiro atoms. The highest BCUT2D eigenvalue weighted by molar-refractivity contribution is 9.10. The van der Waals surface area contributed by atoms with Crippen molar-refractivity contribution in [2.75, 3.05) is 7.11 Å². The number of benzene rings is 1. The van der Waals surface area contributed by atoms with Crippen molar-refractivity contribution in [1.29, 1.82) is 0 Å². The molecule has 1 aromatic heterocycles. The molecule has 0 amide bonds. The van der Waals surface area contributed by atoms with Crippen molar-refractivity contribution in [3.63, 3.8) is 0 Å². The smallest absolute Gasteiger partial charge is 0.318 e. The number of methoxy groups -OCH3 is 1. The van der Waals surface area contributed by atoms with Gasteiger partial charge in [-0.3, -0.25) is 4.79 Å². The first-order valence-electron chi connectivity index (χ1n) is 6.13. The normalized spacial score (nSPS) is 11.2. The maximum Gasteiger partial charge on any atom is 0.318 e. The van der Waals surface area contributed by atoms with E-state index < -0.39 is 5.41 Å². The van der Waals surface area contributed by atoms with E-state index in [2.05, 4.69) is 25.9 Å². The lowest BCUT2D eigenvalue weighted by Gasteiger charge is -2.20. The summed E-state index contributed by atoms with van der Waals surface area (Å²) in [6, 6.07) is 9.63. The lowest BCUT2D eigenvalue weighted by atomic mass is 9.92. The Morgan fingerprint density at radius 3 is 2.70 bits per heavy atom. The highest BCUT2D eigenvalue weighted by Gasteiger charge is 2.34. The number of carbonyl (C=O) groups excluding carboxylic acids is 1. The van der Waals surface area contributed by atoms with Gasteiger partial charge in [-0.25, -0.2) is 9.97 Å². The van der Waals surface area contributed by atoms with E-state index in [1.807, 2.05) is 30.3 Å². The summed E-state index contributed by atoms with van der Waals surface area (Å²) in [5.41, 5.74) is 0.855. The zero-order valence-corrected chi connectivity index (χ0v) is 13.1. The van der Waals surface area contributed by atoms with E-state index in [9.17, 15) is 4.79 Å². The predicted molar refractivity (Wildman–Crippen MR) is 80.2 cm³/mol. The molecule has 2 rings (SSSR count). The van der Waals surface area contributed by atoms with Crippen LogP contribution < -0.4 is 0 Å². The summed E-state index contributed by atoms with van der Waals surface area (Å²) < 4.78 is 5.78. The fraction of sp³-hybridized carbons (Fsp3) is 0.267. The Morgan fingerprint density at radius 2 is 2.05 bits per heavy atom. The predicted octanol–water partition coefficient (Wildman–Crippen LogP) is 3.36. The van der Waals surface area contributed by atoms with Gasteiger partial charge in [0.05, 0.1) is 12.8 Å². The molecular weight excluding hydrogens is 320 g/mol. The number of rotatable bonds is 3. The van der Waals surface area contributed by atoms with Crippen LogP contribution in [-0.4, -0.2) is 23.0 Å². The minimum Gasteiger partial charge on any atom is -0.468 e. The molecule has 0 aliphatic rings. The average Bonchev–Trinajstić information content (AvgIpc) is 2.46. The van der Waals surface area contributed by atoms with E-state index in [1.54, 1.807) is 20.0 Å². The van der Waals surface area contributed by atoms with E-state index in [4.69, 9.17) is 4.74 Å². The molecular formula is C15H15BrN2O2. The lowest BCUT2D eigenvalue weighted by molar-refractivity contribution is -0.146. The summed E-state index contributed by atoms with van der Waals surface area (Å²) in [6.45, 7) is 3.50. The third-order valence-electron chi connectivity index (χ3n) is 3.03. The molecule has 20 heavy (non-hydrogen) atoms. The average molecular weight is 335 g/mol. The Labute approximate surface area is 126 Å². The third kappa shape index (κ3) is 2.88. The summed E-state index contributed by atoms with van der Waals surface area (Å²) in [7, 11) is 1.36. The standard InChI is InChI=1S/C15H15BrN2O2/c1-15(2,14(19)20-3)13-17-8-7-12(18-13)10-5-4-6-11(16)9-10/h4-9H,1-3H3. The third-order valence-corrected chi connectivity index (χ3v) is 3.52. The number of halogens is 1. The quantitative estimate of drug-likeness (QED) is 0.807. The second kappa shape index (κ2) is 5.71. The Morgan fingerprint density at radius 1 is 1.30 bits per heavy atom. The van der Waals surface area contributed by atoms with E-state index in [-0.39, 0.29) is 5.97 Å². The van der Waals surface area contributed by atoms with Crippen molar-refractivity contribution in [3.05, 3.63) is 46.8 Å². The molecule has 0 aliphatic heterocycles. The number of carbonyl (C=O) groups is 1. The lowest BCUT2D eigenvalue weighted by Crippen LogP contribution is -2.32. The van der Waals surface area contributed by atoms with Crippen LogP contribution in [0.2, 0.25) is 0 Å². The first-order valence-corrected chi connectivity index (χ1v) is 6.92. The summed E-state index contributed by atoms with van der Waals surface area (Å²) in [4.78, 5) is 20.5. The van der Waals surface area contributed by atoms with Crippen LogP contribution in [-0.2, 0) is 14.9 Å². The molecule has 0 saturated carbocycles. The van der Waals surface area contributed by atoms with Crippen LogP contribution in [0.15, 0.2) is 41.0 Å². The van der Waals surface area contributed by atoms with Crippen molar-refractivity contribution in [1.82, 2.24) is 9.97 Å². The van der Waals surface area contributed by atoms with E-state index in [1.165, 1.54) is 7.11 Å². The van der Waals surface area contributed by atoms with Gasteiger partial charge in [0.25, 0.3) is 0 Å². The molecule has 5 heteroatoms. The van der Waals surface area contributed by atoms with Gasteiger partial charge in [0.2, 0.25) is 0 Å². The molecule has 104 valence electrons. The van der Waals surface area contributed by atoms with Crippen LogP contribution in [0.5, 0.6) is 0 Å². The molecule has 0 fully saturated rings. The molecule has 0 atom stereocenters. The zero-order valence-electron chi connectivity index (χ0n) is 11.6. The van der Waals surface area contributed by atoms with Gasteiger partial charge in [-0.1, -0.05) is 28.1 Å². The molecule has 1 heterocycles. The Balaban J connectivity index is 2.45. The van der Waals surface area contributed by atoms with Crippen LogP contribution in [0, 0.1) is 0 Å². The Kier molecular flexibility index (Phi) is 4.18. The second-order valence-corrected chi connectivity index (χ2v) is 5.81. The molecule has 0 aliphatic carbocycles. The molecule has 4 nitrogen and oxygen atoms in total. The second-order valence-electron chi connectivity index (χ2n) is 4.89. The largest absolute Gasteiger partial charge is 0.468 e. The van der Waals surface area contributed by atoms with Crippen LogP contribution in [0.3, 0.4) is 0 Å². The van der Waals surface area contributed by atoms with Gasteiger partial charge in [0.15, 0.2) is 0 Å². The Bertz CT molecular complexity index is 641. The molecule has 0 saturated heterocycles. The number of hydrogen-bond donors (Lipinski definition) is 0. The fourth-order valence-corrected chi connectivity index (χ4v) is 2.21. The molecule has 0 unspecified atom stereocenters. The van der Waals surface area contributed by atoms with Gasteiger partial charge < -0.3 is 4.74 Å².